The molecule has 0 aliphatic rings. The van der Waals surface area contributed by atoms with Crippen molar-refractivity contribution >= 4 is 5.90 Å². The molecule has 0 rings (SSSR count). The topological polar surface area (TPSA) is 41.8 Å². The van der Waals surface area contributed by atoms with Gasteiger partial charge in [0.05, 0.1) is 7.11 Å². The molecule has 1 N–H and O–H groups in total. The monoisotopic (exact) mass is 117 g/mol. The van der Waals surface area contributed by atoms with Crippen LogP contribution in [-0.2, 0) is 4.74 Å². The predicted molar refractivity (Wildman–Crippen MR) is 31.1 cm³/mol. The van der Waals surface area contributed by atoms with Crippen LogP contribution in [0.25, 0.3) is 0 Å². The Balaban J connectivity index is 3.38. The smallest absolute Gasteiger partial charge is 0.225 e. The van der Waals surface area contributed by atoms with Crippen LogP contribution in [0.2, 0.25) is 0 Å². The first-order valence-electron chi connectivity index (χ1n) is 2.60. The summed E-state index contributed by atoms with van der Waals surface area (Å²) in [4.78, 5) is 0. The quantitative estimate of drug-likeness (QED) is 0.256. The Morgan fingerprint density at radius 3 is 2.50 bits per heavy atom. The summed E-state index contributed by atoms with van der Waals surface area (Å²) in [7, 11) is 1.49. The minimum Gasteiger partial charge on any atom is -0.482 e. The molecule has 0 heterocycles. The Kier molecular flexibility index (Phi) is 4.03. The van der Waals surface area contributed by atoms with E-state index in [2.05, 4.69) is 9.89 Å². The van der Waals surface area contributed by atoms with Gasteiger partial charge in [0.15, 0.2) is 0 Å². The van der Waals surface area contributed by atoms with Crippen LogP contribution in [0.3, 0.4) is 0 Å². The number of nitrogens with zero attached hydrogens (tertiary/aromatic N) is 1. The van der Waals surface area contributed by atoms with Gasteiger partial charge >= 0.3 is 0 Å². The van der Waals surface area contributed by atoms with E-state index >= 15 is 0 Å². The van der Waals surface area contributed by atoms with E-state index in [9.17, 15) is 0 Å². The second kappa shape index (κ2) is 4.43. The maximum absolute atomic E-state index is 8.12. The summed E-state index contributed by atoms with van der Waals surface area (Å²) in [6, 6.07) is 0. The number of oxime groups is 1. The first-order chi connectivity index (χ1) is 3.85. The molecule has 0 spiro atoms. The molecule has 0 radical (unpaired) electrons. The lowest BCUT2D eigenvalue weighted by molar-refractivity contribution is 0.280. The predicted octanol–water partition coefficient (Wildman–Crippen LogP) is 1.22. The number of hydrogen-bond acceptors (Lipinski definition) is 3. The highest BCUT2D eigenvalue weighted by molar-refractivity contribution is 5.74. The van der Waals surface area contributed by atoms with Crippen molar-refractivity contribution < 1.29 is 9.94 Å². The number of hydrogen-bond donors (Lipinski definition) is 1. The first-order valence-corrected chi connectivity index (χ1v) is 2.60. The maximum Gasteiger partial charge on any atom is 0.225 e. The zero-order valence-corrected chi connectivity index (χ0v) is 5.22. The van der Waals surface area contributed by atoms with Crippen LogP contribution < -0.4 is 0 Å². The molecule has 0 aromatic rings. The van der Waals surface area contributed by atoms with Crippen LogP contribution in [0.15, 0.2) is 5.16 Å². The van der Waals surface area contributed by atoms with Crippen molar-refractivity contribution in [1.29, 1.82) is 0 Å². The normalized spacial score (nSPS) is 11.5. The molecule has 3 heteroatoms. The van der Waals surface area contributed by atoms with E-state index in [1.807, 2.05) is 6.92 Å². The zero-order valence-electron chi connectivity index (χ0n) is 5.22. The summed E-state index contributed by atoms with van der Waals surface area (Å²) < 4.78 is 4.64. The largest absolute Gasteiger partial charge is 0.482 e. The Bertz CT molecular complexity index is 80.5. The fourth-order valence-electron chi connectivity index (χ4n) is 0.407. The van der Waals surface area contributed by atoms with Crippen LogP contribution >= 0.6 is 0 Å². The molecule has 48 valence electrons. The number of rotatable bonds is 2. The summed E-state index contributed by atoms with van der Waals surface area (Å²) in [5.74, 6) is 0.396. The summed E-state index contributed by atoms with van der Waals surface area (Å²) in [6.45, 7) is 1.99. The highest BCUT2D eigenvalue weighted by Gasteiger charge is 1.92. The minimum atomic E-state index is 0.396. The van der Waals surface area contributed by atoms with E-state index in [1.54, 1.807) is 0 Å². The standard InChI is InChI=1S/C5H11NO2/c1-3-4-5(6-7)8-2/h7H,3-4H2,1-2H3. The molecule has 0 saturated carbocycles. The van der Waals surface area contributed by atoms with E-state index < -0.39 is 0 Å². The number of ether oxygens (including phenoxy) is 1. The highest BCUT2D eigenvalue weighted by Crippen LogP contribution is 1.90. The van der Waals surface area contributed by atoms with Gasteiger partial charge in [0.25, 0.3) is 0 Å². The van der Waals surface area contributed by atoms with Crippen LogP contribution in [0.4, 0.5) is 0 Å². The maximum atomic E-state index is 8.12. The van der Waals surface area contributed by atoms with Crippen molar-refractivity contribution in [2.24, 2.45) is 5.16 Å². The molecule has 0 aromatic heterocycles. The van der Waals surface area contributed by atoms with Crippen molar-refractivity contribution in [2.45, 2.75) is 19.8 Å². The molecule has 8 heavy (non-hydrogen) atoms. The molecule has 0 atom stereocenters. The van der Waals surface area contributed by atoms with E-state index in [0.717, 1.165) is 6.42 Å². The second-order valence-electron chi connectivity index (χ2n) is 1.45. The lowest BCUT2D eigenvalue weighted by atomic mass is 10.3. The van der Waals surface area contributed by atoms with Crippen molar-refractivity contribution in [3.63, 3.8) is 0 Å². The Labute approximate surface area is 49.0 Å². The summed E-state index contributed by atoms with van der Waals surface area (Å²) in [5, 5.41) is 11.0. The Morgan fingerprint density at radius 2 is 2.38 bits per heavy atom. The van der Waals surface area contributed by atoms with E-state index in [0.29, 0.717) is 12.3 Å². The highest BCUT2D eigenvalue weighted by atomic mass is 16.5. The van der Waals surface area contributed by atoms with E-state index in [-0.39, 0.29) is 0 Å². The second-order valence-corrected chi connectivity index (χ2v) is 1.45. The van der Waals surface area contributed by atoms with Crippen molar-refractivity contribution in [3.05, 3.63) is 0 Å². The Hall–Kier alpha value is -0.730. The fourth-order valence-corrected chi connectivity index (χ4v) is 0.407. The third kappa shape index (κ3) is 2.44. The van der Waals surface area contributed by atoms with Gasteiger partial charge in [-0.1, -0.05) is 12.1 Å². The SMILES string of the molecule is CCCC(=NO)OC. The molecule has 0 aliphatic heterocycles. The summed E-state index contributed by atoms with van der Waals surface area (Å²) >= 11 is 0. The molecule has 0 aliphatic carbocycles. The zero-order chi connectivity index (χ0) is 6.41. The third-order valence-electron chi connectivity index (χ3n) is 0.811. The van der Waals surface area contributed by atoms with Crippen LogP contribution in [0, 0.1) is 0 Å². The van der Waals surface area contributed by atoms with E-state index in [1.165, 1.54) is 7.11 Å². The minimum absolute atomic E-state index is 0.396. The van der Waals surface area contributed by atoms with Gasteiger partial charge in [-0.2, -0.15) is 0 Å². The molecular weight excluding hydrogens is 106 g/mol. The average molecular weight is 117 g/mol. The third-order valence-corrected chi connectivity index (χ3v) is 0.811. The lowest BCUT2D eigenvalue weighted by Crippen LogP contribution is -1.99. The van der Waals surface area contributed by atoms with Gasteiger partial charge in [-0.15, -0.1) is 0 Å². The molecule has 0 amide bonds. The van der Waals surface area contributed by atoms with Gasteiger partial charge in [-0.3, -0.25) is 0 Å². The fraction of sp³-hybridized carbons (Fsp3) is 0.800. The molecule has 0 bridgehead atoms. The van der Waals surface area contributed by atoms with E-state index in [4.69, 9.17) is 5.21 Å². The van der Waals surface area contributed by atoms with Crippen molar-refractivity contribution in [1.82, 2.24) is 0 Å². The number of methoxy groups -OCH3 is 1. The first kappa shape index (κ1) is 7.27. The molecule has 0 saturated heterocycles. The van der Waals surface area contributed by atoms with Gasteiger partial charge < -0.3 is 9.94 Å². The van der Waals surface area contributed by atoms with Crippen LogP contribution in [0.5, 0.6) is 0 Å². The molecular formula is C5H11NO2. The molecule has 0 unspecified atom stereocenters. The summed E-state index contributed by atoms with van der Waals surface area (Å²) in [6.07, 6.45) is 1.64. The van der Waals surface area contributed by atoms with Gasteiger partial charge in [0.1, 0.15) is 0 Å². The molecule has 0 aromatic carbocycles. The van der Waals surface area contributed by atoms with Gasteiger partial charge in [-0.05, 0) is 6.42 Å². The van der Waals surface area contributed by atoms with Gasteiger partial charge in [0, 0.05) is 6.42 Å². The van der Waals surface area contributed by atoms with Crippen molar-refractivity contribution in [3.8, 4) is 0 Å². The Morgan fingerprint density at radius 1 is 1.75 bits per heavy atom. The lowest BCUT2D eigenvalue weighted by Gasteiger charge is -1.96. The van der Waals surface area contributed by atoms with Crippen LogP contribution in [0.1, 0.15) is 19.8 Å². The van der Waals surface area contributed by atoms with Gasteiger partial charge in [0.2, 0.25) is 5.90 Å². The molecule has 3 nitrogen and oxygen atoms in total. The summed E-state index contributed by atoms with van der Waals surface area (Å²) in [5.41, 5.74) is 0. The molecule has 0 fully saturated rings. The van der Waals surface area contributed by atoms with Crippen LogP contribution in [-0.4, -0.2) is 18.2 Å². The van der Waals surface area contributed by atoms with Gasteiger partial charge in [-0.25, -0.2) is 0 Å². The van der Waals surface area contributed by atoms with Crippen molar-refractivity contribution in [2.75, 3.05) is 7.11 Å². The average Bonchev–Trinajstić information content (AvgIpc) is 1.83.